The zero-order valence-electron chi connectivity index (χ0n) is 19.2. The normalized spacial score (nSPS) is 18.0. The molecule has 0 aliphatic carbocycles. The number of hydrogen-bond donors (Lipinski definition) is 0. The Labute approximate surface area is 198 Å². The third-order valence-corrected chi connectivity index (χ3v) is 9.43. The average molecular weight is 484 g/mol. The van der Waals surface area contributed by atoms with Gasteiger partial charge in [0, 0.05) is 33.1 Å². The van der Waals surface area contributed by atoms with E-state index in [4.69, 9.17) is 9.97 Å². The highest BCUT2D eigenvalue weighted by molar-refractivity contribution is 7.89. The van der Waals surface area contributed by atoms with E-state index in [0.717, 1.165) is 61.4 Å². The summed E-state index contributed by atoms with van der Waals surface area (Å²) in [5.41, 5.74) is 2.80. The fourth-order valence-electron chi connectivity index (χ4n) is 4.67. The van der Waals surface area contributed by atoms with Crippen molar-refractivity contribution in [1.29, 1.82) is 0 Å². The number of nitrogens with zero attached hydrogens (tertiary/aromatic N) is 5. The monoisotopic (exact) mass is 483 g/mol. The summed E-state index contributed by atoms with van der Waals surface area (Å²) in [5, 5.41) is 1.23. The molecule has 5 rings (SSSR count). The van der Waals surface area contributed by atoms with Crippen molar-refractivity contribution in [3.63, 3.8) is 0 Å². The third kappa shape index (κ3) is 4.19. The molecule has 174 valence electrons. The zero-order valence-corrected chi connectivity index (χ0v) is 20.9. The fourth-order valence-corrected chi connectivity index (χ4v) is 6.69. The molecule has 9 heteroatoms. The van der Waals surface area contributed by atoms with E-state index in [1.54, 1.807) is 26.2 Å². The van der Waals surface area contributed by atoms with Crippen molar-refractivity contribution < 1.29 is 8.42 Å². The lowest BCUT2D eigenvalue weighted by Crippen LogP contribution is -2.34. The second-order valence-corrected chi connectivity index (χ2v) is 12.0. The highest BCUT2D eigenvalue weighted by Crippen LogP contribution is 2.33. The first-order valence-corrected chi connectivity index (χ1v) is 13.6. The molecule has 1 atom stereocenters. The minimum absolute atomic E-state index is 0.279. The van der Waals surface area contributed by atoms with E-state index in [1.165, 1.54) is 14.0 Å². The van der Waals surface area contributed by atoms with Crippen molar-refractivity contribution in [2.75, 3.05) is 27.2 Å². The Balaban J connectivity index is 1.40. The van der Waals surface area contributed by atoms with Crippen molar-refractivity contribution in [2.45, 2.75) is 43.7 Å². The lowest BCUT2D eigenvalue weighted by Gasteiger charge is -2.31. The molecule has 0 radical (unpaired) electrons. The first kappa shape index (κ1) is 22.5. The molecule has 0 N–H and O–H groups in total. The number of piperidine rings is 1. The van der Waals surface area contributed by atoms with E-state index in [-0.39, 0.29) is 4.90 Å². The maximum absolute atomic E-state index is 12.6. The van der Waals surface area contributed by atoms with Crippen LogP contribution in [0.1, 0.15) is 36.5 Å². The first-order valence-electron chi connectivity index (χ1n) is 11.4. The maximum atomic E-state index is 12.6. The second kappa shape index (κ2) is 8.79. The van der Waals surface area contributed by atoms with Gasteiger partial charge in [-0.2, -0.15) is 0 Å². The van der Waals surface area contributed by atoms with Crippen molar-refractivity contribution in [3.05, 3.63) is 53.3 Å². The summed E-state index contributed by atoms with van der Waals surface area (Å²) >= 11 is 1.81. The van der Waals surface area contributed by atoms with Gasteiger partial charge in [-0.1, -0.05) is 12.1 Å². The molecule has 1 fully saturated rings. The number of aryl methyl sites for hydroxylation is 1. The van der Waals surface area contributed by atoms with Gasteiger partial charge in [0.1, 0.15) is 5.82 Å². The van der Waals surface area contributed by atoms with Gasteiger partial charge in [-0.15, -0.1) is 11.3 Å². The number of para-hydroxylation sites is 1. The van der Waals surface area contributed by atoms with Gasteiger partial charge in [-0.25, -0.2) is 22.7 Å². The molecule has 7 nitrogen and oxygen atoms in total. The van der Waals surface area contributed by atoms with Crippen molar-refractivity contribution in [3.8, 4) is 0 Å². The second-order valence-electron chi connectivity index (χ2n) is 8.80. The summed E-state index contributed by atoms with van der Waals surface area (Å²) in [4.78, 5) is 12.5. The van der Waals surface area contributed by atoms with Crippen LogP contribution in [0, 0.1) is 0 Å². The minimum Gasteiger partial charge on any atom is -0.327 e. The van der Waals surface area contributed by atoms with Gasteiger partial charge >= 0.3 is 0 Å². The Bertz CT molecular complexity index is 1370. The van der Waals surface area contributed by atoms with E-state index in [0.29, 0.717) is 5.92 Å². The Morgan fingerprint density at radius 1 is 1.12 bits per heavy atom. The highest BCUT2D eigenvalue weighted by Gasteiger charge is 2.26. The number of benzene rings is 2. The number of hydrogen-bond acceptors (Lipinski definition) is 6. The van der Waals surface area contributed by atoms with E-state index in [2.05, 4.69) is 34.6 Å². The topological polar surface area (TPSA) is 71.3 Å². The van der Waals surface area contributed by atoms with Gasteiger partial charge in [-0.05, 0) is 56.6 Å². The SMILES string of the molecule is CCn1c(CN2CCC[C@H](c3nc4ccccc4s3)C2)nc2cc(S(=O)(=O)N(C)C)ccc21. The predicted octanol–water partition coefficient (Wildman–Crippen LogP) is 4.30. The molecule has 3 heterocycles. The van der Waals surface area contributed by atoms with Crippen molar-refractivity contribution in [2.24, 2.45) is 0 Å². The van der Waals surface area contributed by atoms with Crippen LogP contribution in [0.4, 0.5) is 0 Å². The van der Waals surface area contributed by atoms with Crippen LogP contribution < -0.4 is 0 Å². The number of rotatable bonds is 6. The molecule has 1 aliphatic heterocycles. The molecule has 0 spiro atoms. The quantitative estimate of drug-likeness (QED) is 0.409. The fraction of sp³-hybridized carbons (Fsp3) is 0.417. The Morgan fingerprint density at radius 3 is 2.70 bits per heavy atom. The van der Waals surface area contributed by atoms with Gasteiger partial charge in [0.2, 0.25) is 10.0 Å². The number of sulfonamides is 1. The third-order valence-electron chi connectivity index (χ3n) is 6.42. The maximum Gasteiger partial charge on any atom is 0.242 e. The molecule has 2 aromatic carbocycles. The standard InChI is InChI=1S/C24H29N5O2S2/c1-4-29-21-12-11-18(33(30,31)27(2)3)14-20(21)25-23(29)16-28-13-7-8-17(15-28)24-26-19-9-5-6-10-22(19)32-24/h5-6,9-12,14,17H,4,7-8,13,15-16H2,1-3H3/t17-/m0/s1. The molecule has 1 saturated heterocycles. The Morgan fingerprint density at radius 2 is 1.94 bits per heavy atom. The van der Waals surface area contributed by atoms with Gasteiger partial charge in [0.25, 0.3) is 0 Å². The van der Waals surface area contributed by atoms with E-state index < -0.39 is 10.0 Å². The number of thiazole rings is 1. The van der Waals surface area contributed by atoms with Crippen molar-refractivity contribution >= 4 is 42.6 Å². The molecule has 2 aromatic heterocycles. The Kier molecular flexibility index (Phi) is 5.98. The molecular weight excluding hydrogens is 454 g/mol. The van der Waals surface area contributed by atoms with Crippen LogP contribution in [-0.2, 0) is 23.1 Å². The molecule has 0 bridgehead atoms. The van der Waals surface area contributed by atoms with Gasteiger partial charge in [-0.3, -0.25) is 4.90 Å². The van der Waals surface area contributed by atoms with Gasteiger partial charge < -0.3 is 4.57 Å². The van der Waals surface area contributed by atoms with Crippen molar-refractivity contribution in [1.82, 2.24) is 23.7 Å². The molecule has 0 saturated carbocycles. The lowest BCUT2D eigenvalue weighted by molar-refractivity contribution is 0.194. The van der Waals surface area contributed by atoms with Gasteiger partial charge in [0.15, 0.2) is 0 Å². The van der Waals surface area contributed by atoms with Crippen LogP contribution in [-0.4, -0.2) is 59.3 Å². The van der Waals surface area contributed by atoms with Crippen LogP contribution in [0.3, 0.4) is 0 Å². The first-order chi connectivity index (χ1) is 15.9. The van der Waals surface area contributed by atoms with E-state index in [9.17, 15) is 8.42 Å². The van der Waals surface area contributed by atoms with Crippen LogP contribution in [0.2, 0.25) is 0 Å². The molecule has 4 aromatic rings. The van der Waals surface area contributed by atoms with Crippen LogP contribution in [0.5, 0.6) is 0 Å². The number of imidazole rings is 1. The smallest absolute Gasteiger partial charge is 0.242 e. The van der Waals surface area contributed by atoms with E-state index >= 15 is 0 Å². The lowest BCUT2D eigenvalue weighted by atomic mass is 9.99. The molecule has 33 heavy (non-hydrogen) atoms. The molecule has 0 amide bonds. The average Bonchev–Trinajstić information content (AvgIpc) is 3.39. The highest BCUT2D eigenvalue weighted by atomic mass is 32.2. The predicted molar refractivity (Wildman–Crippen MR) is 133 cm³/mol. The minimum atomic E-state index is -3.49. The van der Waals surface area contributed by atoms with Crippen LogP contribution >= 0.6 is 11.3 Å². The summed E-state index contributed by atoms with van der Waals surface area (Å²) in [7, 11) is -0.388. The zero-order chi connectivity index (χ0) is 23.2. The van der Waals surface area contributed by atoms with Crippen LogP contribution in [0.25, 0.3) is 21.3 Å². The molecular formula is C24H29N5O2S2. The Hall–Kier alpha value is -2.33. The molecule has 1 aliphatic rings. The van der Waals surface area contributed by atoms with E-state index in [1.807, 2.05) is 23.5 Å². The summed E-state index contributed by atoms with van der Waals surface area (Å²) in [6, 6.07) is 13.6. The van der Waals surface area contributed by atoms with Crippen LogP contribution in [0.15, 0.2) is 47.4 Å². The number of fused-ring (bicyclic) bond motifs is 2. The largest absolute Gasteiger partial charge is 0.327 e. The summed E-state index contributed by atoms with van der Waals surface area (Å²) in [6.07, 6.45) is 2.30. The number of likely N-dealkylation sites (tertiary alicyclic amines) is 1. The summed E-state index contributed by atoms with van der Waals surface area (Å²) in [6.45, 7) is 5.65. The molecule has 0 unspecified atom stereocenters. The summed E-state index contributed by atoms with van der Waals surface area (Å²) in [5.74, 6) is 1.42. The summed E-state index contributed by atoms with van der Waals surface area (Å²) < 4.78 is 29.8. The number of aromatic nitrogens is 3. The van der Waals surface area contributed by atoms with Gasteiger partial charge in [0.05, 0.1) is 37.7 Å².